The van der Waals surface area contributed by atoms with Crippen LogP contribution in [-0.4, -0.2) is 24.4 Å². The summed E-state index contributed by atoms with van der Waals surface area (Å²) in [6.45, 7) is 0. The average Bonchev–Trinajstić information content (AvgIpc) is 2.36. The zero-order valence-corrected chi connectivity index (χ0v) is 10.4. The maximum atomic E-state index is 11.2. The van der Waals surface area contributed by atoms with Gasteiger partial charge in [-0.2, -0.15) is 0 Å². The van der Waals surface area contributed by atoms with Gasteiger partial charge in [-0.05, 0) is 17.7 Å². The smallest absolute Gasteiger partial charge is 0.339 e. The summed E-state index contributed by atoms with van der Waals surface area (Å²) in [6, 6.07) is 9.31. The Hall–Kier alpha value is -1.68. The summed E-state index contributed by atoms with van der Waals surface area (Å²) in [5.74, 6) is -0.547. The second-order valence-electron chi connectivity index (χ2n) is 3.51. The number of hydrogen-bond acceptors (Lipinski definition) is 3. The minimum Gasteiger partial charge on any atom is -0.495 e. The van der Waals surface area contributed by atoms with Crippen LogP contribution in [0.15, 0.2) is 35.2 Å². The number of carbonyl (C=O) groups is 1. The van der Waals surface area contributed by atoms with Crippen molar-refractivity contribution in [1.29, 1.82) is 0 Å². The van der Waals surface area contributed by atoms with Crippen molar-refractivity contribution in [2.75, 3.05) is 13.4 Å². The largest absolute Gasteiger partial charge is 0.495 e. The first-order valence-corrected chi connectivity index (χ1v) is 6.28. The Morgan fingerprint density at radius 2 is 1.94 bits per heavy atom. The molecule has 2 rings (SSSR count). The SMILES string of the molecule is COc1c(C(=O)O)cc(SC)c2ccccc12. The molecule has 0 spiro atoms. The van der Waals surface area contributed by atoms with E-state index in [1.807, 2.05) is 30.5 Å². The molecular formula is C13H12O3S. The number of benzene rings is 2. The molecule has 0 aliphatic carbocycles. The van der Waals surface area contributed by atoms with Gasteiger partial charge in [0, 0.05) is 10.3 Å². The van der Waals surface area contributed by atoms with Crippen LogP contribution in [0.1, 0.15) is 10.4 Å². The van der Waals surface area contributed by atoms with Crippen molar-refractivity contribution in [3.63, 3.8) is 0 Å². The zero-order chi connectivity index (χ0) is 12.4. The molecule has 0 aliphatic heterocycles. The van der Waals surface area contributed by atoms with E-state index in [1.165, 1.54) is 18.9 Å². The van der Waals surface area contributed by atoms with Gasteiger partial charge < -0.3 is 9.84 Å². The predicted molar refractivity (Wildman–Crippen MR) is 69.2 cm³/mol. The minimum atomic E-state index is -0.970. The van der Waals surface area contributed by atoms with Gasteiger partial charge in [0.25, 0.3) is 0 Å². The van der Waals surface area contributed by atoms with Gasteiger partial charge in [0.05, 0.1) is 7.11 Å². The van der Waals surface area contributed by atoms with Gasteiger partial charge in [-0.3, -0.25) is 0 Å². The van der Waals surface area contributed by atoms with Crippen LogP contribution in [0, 0.1) is 0 Å². The number of carboxylic acids is 1. The van der Waals surface area contributed by atoms with Crippen LogP contribution in [-0.2, 0) is 0 Å². The Bertz CT molecular complexity index is 578. The minimum absolute atomic E-state index is 0.204. The molecule has 0 saturated heterocycles. The quantitative estimate of drug-likeness (QED) is 0.847. The Morgan fingerprint density at radius 3 is 2.47 bits per heavy atom. The van der Waals surface area contributed by atoms with E-state index >= 15 is 0 Å². The molecule has 0 fully saturated rings. The fraction of sp³-hybridized carbons (Fsp3) is 0.154. The van der Waals surface area contributed by atoms with Gasteiger partial charge in [0.15, 0.2) is 0 Å². The van der Waals surface area contributed by atoms with E-state index in [9.17, 15) is 9.90 Å². The molecule has 0 unspecified atom stereocenters. The average molecular weight is 248 g/mol. The third-order valence-electron chi connectivity index (χ3n) is 2.61. The van der Waals surface area contributed by atoms with Crippen molar-refractivity contribution >= 4 is 28.5 Å². The van der Waals surface area contributed by atoms with Crippen molar-refractivity contribution in [2.45, 2.75) is 4.90 Å². The van der Waals surface area contributed by atoms with Gasteiger partial charge in [0.1, 0.15) is 11.3 Å². The number of rotatable bonds is 3. The Labute approximate surface area is 103 Å². The van der Waals surface area contributed by atoms with E-state index in [0.717, 1.165) is 15.7 Å². The van der Waals surface area contributed by atoms with E-state index in [4.69, 9.17) is 4.74 Å². The van der Waals surface area contributed by atoms with Crippen LogP contribution in [0.3, 0.4) is 0 Å². The number of thioether (sulfide) groups is 1. The lowest BCUT2D eigenvalue weighted by Crippen LogP contribution is -2.01. The highest BCUT2D eigenvalue weighted by molar-refractivity contribution is 7.98. The third kappa shape index (κ3) is 1.96. The highest BCUT2D eigenvalue weighted by Gasteiger charge is 2.16. The number of methoxy groups -OCH3 is 1. The topological polar surface area (TPSA) is 46.5 Å². The van der Waals surface area contributed by atoms with Gasteiger partial charge in [-0.1, -0.05) is 24.3 Å². The molecule has 0 aliphatic rings. The molecule has 17 heavy (non-hydrogen) atoms. The highest BCUT2D eigenvalue weighted by Crippen LogP contribution is 2.36. The van der Waals surface area contributed by atoms with Crippen molar-refractivity contribution in [1.82, 2.24) is 0 Å². The molecule has 0 amide bonds. The first-order valence-electron chi connectivity index (χ1n) is 5.06. The molecule has 2 aromatic carbocycles. The van der Waals surface area contributed by atoms with Crippen LogP contribution in [0.5, 0.6) is 5.75 Å². The molecule has 0 bridgehead atoms. The Balaban J connectivity index is 2.89. The number of carboxylic acid groups (broad SMARTS) is 1. The number of hydrogen-bond donors (Lipinski definition) is 1. The fourth-order valence-corrected chi connectivity index (χ4v) is 2.50. The molecule has 4 heteroatoms. The predicted octanol–water partition coefficient (Wildman–Crippen LogP) is 3.27. The highest BCUT2D eigenvalue weighted by atomic mass is 32.2. The lowest BCUT2D eigenvalue weighted by Gasteiger charge is -2.12. The molecular weight excluding hydrogens is 236 g/mol. The third-order valence-corrected chi connectivity index (χ3v) is 3.39. The van der Waals surface area contributed by atoms with E-state index in [0.29, 0.717) is 5.75 Å². The fourth-order valence-electron chi connectivity index (χ4n) is 1.86. The van der Waals surface area contributed by atoms with Gasteiger partial charge in [-0.15, -0.1) is 11.8 Å². The van der Waals surface area contributed by atoms with Crippen molar-refractivity contribution < 1.29 is 14.6 Å². The molecule has 2 aromatic rings. The van der Waals surface area contributed by atoms with Crippen molar-refractivity contribution in [3.05, 3.63) is 35.9 Å². The summed E-state index contributed by atoms with van der Waals surface area (Å²) in [5, 5.41) is 11.0. The van der Waals surface area contributed by atoms with Crippen LogP contribution in [0.2, 0.25) is 0 Å². The Morgan fingerprint density at radius 1 is 1.29 bits per heavy atom. The number of fused-ring (bicyclic) bond motifs is 1. The monoisotopic (exact) mass is 248 g/mol. The number of aromatic carboxylic acids is 1. The molecule has 88 valence electrons. The molecule has 0 radical (unpaired) electrons. The van der Waals surface area contributed by atoms with Crippen molar-refractivity contribution in [2.24, 2.45) is 0 Å². The van der Waals surface area contributed by atoms with E-state index in [1.54, 1.807) is 6.07 Å². The van der Waals surface area contributed by atoms with Crippen LogP contribution >= 0.6 is 11.8 Å². The van der Waals surface area contributed by atoms with Crippen LogP contribution < -0.4 is 4.74 Å². The van der Waals surface area contributed by atoms with E-state index in [2.05, 4.69) is 0 Å². The first kappa shape index (κ1) is 11.8. The summed E-state index contributed by atoms with van der Waals surface area (Å²) in [6.07, 6.45) is 1.93. The maximum absolute atomic E-state index is 11.2. The van der Waals surface area contributed by atoms with E-state index in [-0.39, 0.29) is 5.56 Å². The lowest BCUT2D eigenvalue weighted by atomic mass is 10.1. The lowest BCUT2D eigenvalue weighted by molar-refractivity contribution is 0.0693. The molecule has 1 N–H and O–H groups in total. The second-order valence-corrected chi connectivity index (χ2v) is 4.36. The van der Waals surface area contributed by atoms with E-state index < -0.39 is 5.97 Å². The summed E-state index contributed by atoms with van der Waals surface area (Å²) in [7, 11) is 1.49. The zero-order valence-electron chi connectivity index (χ0n) is 9.56. The van der Waals surface area contributed by atoms with Gasteiger partial charge in [-0.25, -0.2) is 4.79 Å². The standard InChI is InChI=1S/C13H12O3S/c1-16-12-9-6-4-3-5-8(9)11(17-2)7-10(12)13(14)15/h3-7H,1-2H3,(H,14,15). The summed E-state index contributed by atoms with van der Waals surface area (Å²) in [5.41, 5.74) is 0.204. The molecule has 0 atom stereocenters. The van der Waals surface area contributed by atoms with Crippen LogP contribution in [0.4, 0.5) is 0 Å². The molecule has 0 aromatic heterocycles. The van der Waals surface area contributed by atoms with Gasteiger partial charge in [0.2, 0.25) is 0 Å². The Kier molecular flexibility index (Phi) is 3.24. The summed E-state index contributed by atoms with van der Waals surface area (Å²) in [4.78, 5) is 12.1. The second kappa shape index (κ2) is 4.67. The normalized spacial score (nSPS) is 10.5. The molecule has 0 saturated carbocycles. The molecule has 0 heterocycles. The van der Waals surface area contributed by atoms with Crippen molar-refractivity contribution in [3.8, 4) is 5.75 Å². The summed E-state index contributed by atoms with van der Waals surface area (Å²) < 4.78 is 5.23. The maximum Gasteiger partial charge on any atom is 0.339 e. The molecule has 3 nitrogen and oxygen atoms in total. The van der Waals surface area contributed by atoms with Crippen LogP contribution in [0.25, 0.3) is 10.8 Å². The summed E-state index contributed by atoms with van der Waals surface area (Å²) >= 11 is 1.53. The number of ether oxygens (including phenoxy) is 1. The first-order chi connectivity index (χ1) is 8.19. The van der Waals surface area contributed by atoms with Gasteiger partial charge >= 0.3 is 5.97 Å².